The summed E-state index contributed by atoms with van der Waals surface area (Å²) < 4.78 is 5.32. The predicted molar refractivity (Wildman–Crippen MR) is 69.2 cm³/mol. The normalized spacial score (nSPS) is 22.7. The second-order valence-electron chi connectivity index (χ2n) is 4.80. The van der Waals surface area contributed by atoms with Crippen molar-refractivity contribution in [1.82, 2.24) is 5.32 Å². The van der Waals surface area contributed by atoms with Gasteiger partial charge in [-0.25, -0.2) is 0 Å². The molecule has 0 spiro atoms. The molecule has 2 N–H and O–H groups in total. The maximum absolute atomic E-state index is 11.5. The molecule has 1 aromatic rings. The highest BCUT2D eigenvalue weighted by atomic mass is 16.5. The minimum Gasteiger partial charge on any atom is -0.496 e. The highest BCUT2D eigenvalue weighted by Crippen LogP contribution is 2.36. The summed E-state index contributed by atoms with van der Waals surface area (Å²) >= 11 is 0. The van der Waals surface area contributed by atoms with E-state index >= 15 is 0 Å². The van der Waals surface area contributed by atoms with Gasteiger partial charge in [0.15, 0.2) is 0 Å². The van der Waals surface area contributed by atoms with E-state index in [4.69, 9.17) is 4.74 Å². The molecular formula is C14H17NO4. The Balaban J connectivity index is 2.41. The molecule has 0 radical (unpaired) electrons. The molecular weight excluding hydrogens is 246 g/mol. The third kappa shape index (κ3) is 2.70. The quantitative estimate of drug-likeness (QED) is 0.862. The molecule has 5 nitrogen and oxygen atoms in total. The van der Waals surface area contributed by atoms with Crippen LogP contribution in [0.3, 0.4) is 0 Å². The van der Waals surface area contributed by atoms with Crippen molar-refractivity contribution in [2.24, 2.45) is 5.92 Å². The van der Waals surface area contributed by atoms with E-state index in [-0.39, 0.29) is 24.8 Å². The molecule has 0 aromatic heterocycles. The summed E-state index contributed by atoms with van der Waals surface area (Å²) in [7, 11) is 1.55. The van der Waals surface area contributed by atoms with Crippen LogP contribution >= 0.6 is 0 Å². The summed E-state index contributed by atoms with van der Waals surface area (Å²) in [6.07, 6.45) is 0.177. The van der Waals surface area contributed by atoms with Crippen LogP contribution in [0.25, 0.3) is 0 Å². The molecule has 0 aliphatic carbocycles. The zero-order valence-corrected chi connectivity index (χ0v) is 11.0. The van der Waals surface area contributed by atoms with Gasteiger partial charge in [-0.15, -0.1) is 0 Å². The average Bonchev–Trinajstić information content (AvgIpc) is 2.38. The molecule has 1 aliphatic rings. The molecule has 0 bridgehead atoms. The van der Waals surface area contributed by atoms with Crippen LogP contribution in [0.2, 0.25) is 0 Å². The fraction of sp³-hybridized carbons (Fsp3) is 0.429. The van der Waals surface area contributed by atoms with Crippen LogP contribution in [-0.2, 0) is 9.59 Å². The number of ether oxygens (including phenoxy) is 1. The molecule has 2 rings (SSSR count). The van der Waals surface area contributed by atoms with Gasteiger partial charge in [0.1, 0.15) is 5.75 Å². The highest BCUT2D eigenvalue weighted by molar-refractivity contribution is 5.82. The first kappa shape index (κ1) is 13.4. The molecule has 1 amide bonds. The van der Waals surface area contributed by atoms with Crippen LogP contribution in [0.15, 0.2) is 18.2 Å². The summed E-state index contributed by atoms with van der Waals surface area (Å²) in [4.78, 5) is 22.9. The highest BCUT2D eigenvalue weighted by Gasteiger charge is 2.36. The molecule has 1 aromatic carbocycles. The van der Waals surface area contributed by atoms with Crippen LogP contribution in [0, 0.1) is 12.8 Å². The Bertz CT molecular complexity index is 512. The van der Waals surface area contributed by atoms with Crippen LogP contribution in [0.5, 0.6) is 5.75 Å². The van der Waals surface area contributed by atoms with E-state index in [9.17, 15) is 14.7 Å². The van der Waals surface area contributed by atoms with Gasteiger partial charge in [0.05, 0.1) is 13.0 Å². The number of amides is 1. The summed E-state index contributed by atoms with van der Waals surface area (Å²) in [5.74, 6) is -1.33. The number of rotatable bonds is 3. The van der Waals surface area contributed by atoms with Crippen molar-refractivity contribution in [2.75, 3.05) is 13.7 Å². The predicted octanol–water partition coefficient (Wildman–Crippen LogP) is 1.31. The average molecular weight is 263 g/mol. The van der Waals surface area contributed by atoms with E-state index in [0.717, 1.165) is 11.1 Å². The van der Waals surface area contributed by atoms with E-state index in [1.165, 1.54) is 0 Å². The van der Waals surface area contributed by atoms with Crippen molar-refractivity contribution in [3.05, 3.63) is 29.3 Å². The standard InChI is InChI=1S/C14H17NO4/c1-8-3-4-9(12(5-8)19-2)10-6-13(16)15-7-11(10)14(17)18/h3-5,10-11H,6-7H2,1-2H3,(H,15,16)(H,17,18). The number of aryl methyl sites for hydroxylation is 1. The number of nitrogens with one attached hydrogen (secondary N) is 1. The lowest BCUT2D eigenvalue weighted by atomic mass is 9.80. The number of aliphatic carboxylic acids is 1. The Morgan fingerprint density at radius 3 is 2.84 bits per heavy atom. The maximum Gasteiger partial charge on any atom is 0.308 e. The Hall–Kier alpha value is -2.04. The minimum atomic E-state index is -0.896. The molecule has 1 heterocycles. The Morgan fingerprint density at radius 1 is 1.47 bits per heavy atom. The van der Waals surface area contributed by atoms with Crippen LogP contribution < -0.4 is 10.1 Å². The SMILES string of the molecule is COc1cc(C)ccc1C1CC(=O)NCC1C(=O)O. The minimum absolute atomic E-state index is 0.120. The van der Waals surface area contributed by atoms with Crippen LogP contribution in [-0.4, -0.2) is 30.6 Å². The Morgan fingerprint density at radius 2 is 2.21 bits per heavy atom. The zero-order chi connectivity index (χ0) is 14.0. The summed E-state index contributed by atoms with van der Waals surface area (Å²) in [6, 6.07) is 5.62. The summed E-state index contributed by atoms with van der Waals surface area (Å²) in [6.45, 7) is 2.10. The fourth-order valence-corrected chi connectivity index (χ4v) is 2.49. The monoisotopic (exact) mass is 263 g/mol. The van der Waals surface area contributed by atoms with E-state index in [1.807, 2.05) is 25.1 Å². The van der Waals surface area contributed by atoms with Gasteiger partial charge >= 0.3 is 5.97 Å². The Kier molecular flexibility index (Phi) is 3.74. The third-order valence-corrected chi connectivity index (χ3v) is 3.52. The van der Waals surface area contributed by atoms with Gasteiger partial charge in [-0.2, -0.15) is 0 Å². The lowest BCUT2D eigenvalue weighted by molar-refractivity contribution is -0.144. The molecule has 0 saturated carbocycles. The molecule has 1 fully saturated rings. The summed E-state index contributed by atoms with van der Waals surface area (Å²) in [5.41, 5.74) is 1.82. The number of carbonyl (C=O) groups excluding carboxylic acids is 1. The Labute approximate surface area is 111 Å². The molecule has 102 valence electrons. The first-order valence-corrected chi connectivity index (χ1v) is 6.17. The van der Waals surface area contributed by atoms with Crippen LogP contribution in [0.4, 0.5) is 0 Å². The van der Waals surface area contributed by atoms with E-state index in [2.05, 4.69) is 5.32 Å². The van der Waals surface area contributed by atoms with Gasteiger partial charge in [0.2, 0.25) is 5.91 Å². The number of piperidine rings is 1. The topological polar surface area (TPSA) is 75.6 Å². The molecule has 2 atom stereocenters. The van der Waals surface area contributed by atoms with Gasteiger partial charge in [-0.3, -0.25) is 9.59 Å². The number of methoxy groups -OCH3 is 1. The fourth-order valence-electron chi connectivity index (χ4n) is 2.49. The molecule has 5 heteroatoms. The number of hydrogen-bond acceptors (Lipinski definition) is 3. The largest absolute Gasteiger partial charge is 0.496 e. The first-order valence-electron chi connectivity index (χ1n) is 6.17. The molecule has 1 saturated heterocycles. The number of carboxylic acids is 1. The van der Waals surface area contributed by atoms with Crippen molar-refractivity contribution in [3.8, 4) is 5.75 Å². The summed E-state index contributed by atoms with van der Waals surface area (Å²) in [5, 5.41) is 11.9. The van der Waals surface area contributed by atoms with Gasteiger partial charge < -0.3 is 15.2 Å². The van der Waals surface area contributed by atoms with Crippen molar-refractivity contribution in [2.45, 2.75) is 19.3 Å². The van der Waals surface area contributed by atoms with Crippen molar-refractivity contribution in [3.63, 3.8) is 0 Å². The van der Waals surface area contributed by atoms with Crippen LogP contribution in [0.1, 0.15) is 23.5 Å². The zero-order valence-electron chi connectivity index (χ0n) is 11.0. The number of benzene rings is 1. The van der Waals surface area contributed by atoms with Crippen molar-refractivity contribution in [1.29, 1.82) is 0 Å². The molecule has 2 unspecified atom stereocenters. The van der Waals surface area contributed by atoms with Gasteiger partial charge in [0, 0.05) is 18.9 Å². The van der Waals surface area contributed by atoms with Crippen molar-refractivity contribution >= 4 is 11.9 Å². The molecule has 19 heavy (non-hydrogen) atoms. The van der Waals surface area contributed by atoms with E-state index in [1.54, 1.807) is 7.11 Å². The second kappa shape index (κ2) is 5.30. The van der Waals surface area contributed by atoms with Crippen molar-refractivity contribution < 1.29 is 19.4 Å². The van der Waals surface area contributed by atoms with Gasteiger partial charge in [-0.05, 0) is 24.1 Å². The number of carboxylic acid groups (broad SMARTS) is 1. The lowest BCUT2D eigenvalue weighted by Crippen LogP contribution is -2.43. The number of hydrogen-bond donors (Lipinski definition) is 2. The van der Waals surface area contributed by atoms with E-state index in [0.29, 0.717) is 5.75 Å². The molecule has 1 aliphatic heterocycles. The second-order valence-corrected chi connectivity index (χ2v) is 4.80. The lowest BCUT2D eigenvalue weighted by Gasteiger charge is -2.30. The number of carbonyl (C=O) groups is 2. The van der Waals surface area contributed by atoms with E-state index < -0.39 is 11.9 Å². The van der Waals surface area contributed by atoms with Gasteiger partial charge in [0.25, 0.3) is 0 Å². The smallest absolute Gasteiger partial charge is 0.308 e. The first-order chi connectivity index (χ1) is 9.02. The third-order valence-electron chi connectivity index (χ3n) is 3.52. The van der Waals surface area contributed by atoms with Gasteiger partial charge in [-0.1, -0.05) is 12.1 Å². The maximum atomic E-state index is 11.5.